The van der Waals surface area contributed by atoms with E-state index < -0.39 is 0 Å². The zero-order valence-corrected chi connectivity index (χ0v) is 7.55. The van der Waals surface area contributed by atoms with Gasteiger partial charge in [-0.3, -0.25) is 0 Å². The van der Waals surface area contributed by atoms with Crippen molar-refractivity contribution in [2.75, 3.05) is 26.7 Å². The molecule has 0 aliphatic heterocycles. The van der Waals surface area contributed by atoms with Crippen molar-refractivity contribution in [3.05, 3.63) is 6.92 Å². The summed E-state index contributed by atoms with van der Waals surface area (Å²) in [5.74, 6) is 0. The SMILES string of the molecule is [CH2]CCCCCN(C)CCO. The molecule has 0 aromatic rings. The molecule has 0 amide bonds. The summed E-state index contributed by atoms with van der Waals surface area (Å²) in [6, 6.07) is 0. The number of aliphatic hydroxyl groups is 1. The molecule has 1 N–H and O–H groups in total. The monoisotopic (exact) mass is 158 g/mol. The lowest BCUT2D eigenvalue weighted by molar-refractivity contribution is 0.219. The van der Waals surface area contributed by atoms with Crippen LogP contribution in [0.4, 0.5) is 0 Å². The number of nitrogens with zero attached hydrogens (tertiary/aromatic N) is 1. The van der Waals surface area contributed by atoms with Gasteiger partial charge >= 0.3 is 0 Å². The van der Waals surface area contributed by atoms with E-state index in [-0.39, 0.29) is 6.61 Å². The summed E-state index contributed by atoms with van der Waals surface area (Å²) in [6.07, 6.45) is 4.77. The predicted octanol–water partition coefficient (Wildman–Crippen LogP) is 1.30. The van der Waals surface area contributed by atoms with Crippen molar-refractivity contribution in [3.8, 4) is 0 Å². The molecular formula is C9H20NO. The van der Waals surface area contributed by atoms with Crippen molar-refractivity contribution < 1.29 is 5.11 Å². The Morgan fingerprint density at radius 2 is 1.91 bits per heavy atom. The maximum absolute atomic E-state index is 8.59. The molecule has 0 unspecified atom stereocenters. The van der Waals surface area contributed by atoms with Crippen molar-refractivity contribution in [1.29, 1.82) is 0 Å². The third kappa shape index (κ3) is 7.82. The van der Waals surface area contributed by atoms with Crippen LogP contribution in [0.15, 0.2) is 0 Å². The fourth-order valence-electron chi connectivity index (χ4n) is 1.02. The lowest BCUT2D eigenvalue weighted by Gasteiger charge is -2.13. The Morgan fingerprint density at radius 1 is 1.18 bits per heavy atom. The first kappa shape index (κ1) is 10.9. The molecule has 0 spiro atoms. The number of aliphatic hydroxyl groups excluding tert-OH is 1. The Kier molecular flexibility index (Phi) is 7.96. The highest BCUT2D eigenvalue weighted by Crippen LogP contribution is 1.99. The van der Waals surface area contributed by atoms with Gasteiger partial charge in [0.05, 0.1) is 6.61 Å². The minimum atomic E-state index is 0.270. The fourth-order valence-corrected chi connectivity index (χ4v) is 1.02. The van der Waals surface area contributed by atoms with Gasteiger partial charge in [-0.05, 0) is 20.0 Å². The molecule has 11 heavy (non-hydrogen) atoms. The lowest BCUT2D eigenvalue weighted by atomic mass is 10.2. The third-order valence-electron chi connectivity index (χ3n) is 1.77. The van der Waals surface area contributed by atoms with Gasteiger partial charge < -0.3 is 10.0 Å². The first-order valence-corrected chi connectivity index (χ1v) is 4.40. The minimum absolute atomic E-state index is 0.270. The maximum Gasteiger partial charge on any atom is 0.0558 e. The lowest BCUT2D eigenvalue weighted by Crippen LogP contribution is -2.23. The summed E-state index contributed by atoms with van der Waals surface area (Å²) in [7, 11) is 2.04. The molecule has 2 heteroatoms. The van der Waals surface area contributed by atoms with E-state index in [0.29, 0.717) is 0 Å². The normalized spacial score (nSPS) is 10.9. The van der Waals surface area contributed by atoms with E-state index in [1.165, 1.54) is 19.3 Å². The fraction of sp³-hybridized carbons (Fsp3) is 0.889. The van der Waals surface area contributed by atoms with E-state index in [1.807, 2.05) is 7.05 Å². The molecule has 0 aromatic heterocycles. The van der Waals surface area contributed by atoms with E-state index in [0.717, 1.165) is 19.5 Å². The molecule has 0 aliphatic rings. The average molecular weight is 158 g/mol. The van der Waals surface area contributed by atoms with Gasteiger partial charge in [0.25, 0.3) is 0 Å². The second-order valence-electron chi connectivity index (χ2n) is 2.94. The van der Waals surface area contributed by atoms with Crippen LogP contribution >= 0.6 is 0 Å². The second kappa shape index (κ2) is 8.02. The molecule has 0 heterocycles. The molecule has 67 valence electrons. The van der Waals surface area contributed by atoms with Crippen molar-refractivity contribution in [2.45, 2.75) is 25.7 Å². The number of hydrogen-bond acceptors (Lipinski definition) is 2. The van der Waals surface area contributed by atoms with Crippen molar-refractivity contribution in [2.24, 2.45) is 0 Å². The molecule has 0 bridgehead atoms. The van der Waals surface area contributed by atoms with Gasteiger partial charge in [0.1, 0.15) is 0 Å². The van der Waals surface area contributed by atoms with Crippen molar-refractivity contribution in [1.82, 2.24) is 4.90 Å². The molecule has 0 atom stereocenters. The summed E-state index contributed by atoms with van der Waals surface area (Å²) in [5.41, 5.74) is 0. The molecule has 2 nitrogen and oxygen atoms in total. The largest absolute Gasteiger partial charge is 0.395 e. The van der Waals surface area contributed by atoms with Gasteiger partial charge in [-0.2, -0.15) is 0 Å². The Bertz CT molecular complexity index is 76.0. The summed E-state index contributed by atoms with van der Waals surface area (Å²) < 4.78 is 0. The highest BCUT2D eigenvalue weighted by molar-refractivity contribution is 4.51. The molecule has 0 aliphatic carbocycles. The van der Waals surface area contributed by atoms with Crippen LogP contribution in [0.1, 0.15) is 25.7 Å². The van der Waals surface area contributed by atoms with Crippen LogP contribution in [-0.4, -0.2) is 36.8 Å². The maximum atomic E-state index is 8.59. The topological polar surface area (TPSA) is 23.5 Å². The predicted molar refractivity (Wildman–Crippen MR) is 48.4 cm³/mol. The van der Waals surface area contributed by atoms with Crippen LogP contribution in [0.3, 0.4) is 0 Å². The highest BCUT2D eigenvalue weighted by Gasteiger charge is 1.95. The quantitative estimate of drug-likeness (QED) is 0.565. The van der Waals surface area contributed by atoms with Gasteiger partial charge in [-0.1, -0.05) is 26.2 Å². The second-order valence-corrected chi connectivity index (χ2v) is 2.94. The molecule has 0 fully saturated rings. The minimum Gasteiger partial charge on any atom is -0.395 e. The molecule has 0 rings (SSSR count). The smallest absolute Gasteiger partial charge is 0.0558 e. The van der Waals surface area contributed by atoms with E-state index in [4.69, 9.17) is 5.11 Å². The number of rotatable bonds is 7. The van der Waals surface area contributed by atoms with E-state index in [9.17, 15) is 0 Å². The Labute approximate surface area is 70.2 Å². The summed E-state index contributed by atoms with van der Waals surface area (Å²) in [6.45, 7) is 5.95. The Balaban J connectivity index is 2.97. The molecule has 0 saturated carbocycles. The van der Waals surface area contributed by atoms with Gasteiger partial charge in [0.15, 0.2) is 0 Å². The Hall–Kier alpha value is -0.0800. The number of unbranched alkanes of at least 4 members (excludes halogenated alkanes) is 3. The molecule has 0 aromatic carbocycles. The van der Waals surface area contributed by atoms with Crippen LogP contribution in [0, 0.1) is 6.92 Å². The van der Waals surface area contributed by atoms with Gasteiger partial charge in [0.2, 0.25) is 0 Å². The van der Waals surface area contributed by atoms with Crippen molar-refractivity contribution >= 4 is 0 Å². The van der Waals surface area contributed by atoms with E-state index >= 15 is 0 Å². The van der Waals surface area contributed by atoms with Gasteiger partial charge in [0, 0.05) is 6.54 Å². The van der Waals surface area contributed by atoms with Crippen LogP contribution in [0.25, 0.3) is 0 Å². The number of likely N-dealkylation sites (N-methyl/N-ethyl adjacent to an activating group) is 1. The summed E-state index contributed by atoms with van der Waals surface area (Å²) in [4.78, 5) is 2.16. The third-order valence-corrected chi connectivity index (χ3v) is 1.77. The highest BCUT2D eigenvalue weighted by atomic mass is 16.3. The van der Waals surface area contributed by atoms with Crippen molar-refractivity contribution in [3.63, 3.8) is 0 Å². The van der Waals surface area contributed by atoms with E-state index in [1.54, 1.807) is 0 Å². The number of hydrogen-bond donors (Lipinski definition) is 1. The summed E-state index contributed by atoms with van der Waals surface area (Å²) >= 11 is 0. The van der Waals surface area contributed by atoms with E-state index in [2.05, 4.69) is 11.8 Å². The van der Waals surface area contributed by atoms with Crippen LogP contribution in [-0.2, 0) is 0 Å². The standard InChI is InChI=1S/C9H20NO/c1-3-4-5-6-7-10(2)8-9-11/h11H,1,3-9H2,2H3. The average Bonchev–Trinajstić information content (AvgIpc) is 1.99. The zero-order chi connectivity index (χ0) is 8.53. The molecule has 0 saturated heterocycles. The van der Waals surface area contributed by atoms with Gasteiger partial charge in [-0.15, -0.1) is 0 Å². The van der Waals surface area contributed by atoms with Crippen LogP contribution in [0.2, 0.25) is 0 Å². The van der Waals surface area contributed by atoms with Crippen LogP contribution < -0.4 is 0 Å². The van der Waals surface area contributed by atoms with Gasteiger partial charge in [-0.25, -0.2) is 0 Å². The van der Waals surface area contributed by atoms with Crippen LogP contribution in [0.5, 0.6) is 0 Å². The Morgan fingerprint density at radius 3 is 2.45 bits per heavy atom. The summed E-state index contributed by atoms with van der Waals surface area (Å²) in [5, 5.41) is 8.59. The first-order valence-electron chi connectivity index (χ1n) is 4.40. The zero-order valence-electron chi connectivity index (χ0n) is 7.55. The molecular weight excluding hydrogens is 138 g/mol. The molecule has 1 radical (unpaired) electrons. The first-order chi connectivity index (χ1) is 5.31.